The van der Waals surface area contributed by atoms with Crippen molar-refractivity contribution in [1.82, 2.24) is 0 Å². The molecule has 1 aromatic carbocycles. The minimum Gasteiger partial charge on any atom is -0.391 e. The van der Waals surface area contributed by atoms with Gasteiger partial charge in [0.15, 0.2) is 0 Å². The molecule has 2 nitrogen and oxygen atoms in total. The molecule has 2 aromatic rings. The van der Waals surface area contributed by atoms with Crippen LogP contribution in [0.2, 0.25) is 9.36 Å². The van der Waals surface area contributed by atoms with E-state index in [9.17, 15) is 5.11 Å². The number of rotatable bonds is 3. The fourth-order valence-electron chi connectivity index (χ4n) is 1.55. The van der Waals surface area contributed by atoms with Gasteiger partial charge in [0, 0.05) is 15.5 Å². The Morgan fingerprint density at radius 1 is 1.24 bits per heavy atom. The van der Waals surface area contributed by atoms with Crippen molar-refractivity contribution in [2.75, 3.05) is 0 Å². The molecule has 1 aromatic heterocycles. The average Bonchev–Trinajstić information content (AvgIpc) is 2.69. The van der Waals surface area contributed by atoms with E-state index in [4.69, 9.17) is 28.3 Å². The summed E-state index contributed by atoms with van der Waals surface area (Å²) in [5.74, 6) is 0. The van der Waals surface area contributed by atoms with Crippen LogP contribution in [0.15, 0.2) is 30.3 Å². The number of hydrogen-bond acceptors (Lipinski definition) is 3. The predicted octanol–water partition coefficient (Wildman–Crippen LogP) is 3.63. The van der Waals surface area contributed by atoms with Crippen LogP contribution in [0.4, 0.5) is 0 Å². The molecule has 2 rings (SSSR count). The van der Waals surface area contributed by atoms with E-state index in [1.165, 1.54) is 11.3 Å². The normalized spacial score (nSPS) is 12.7. The number of aliphatic hydroxyl groups is 2. The largest absolute Gasteiger partial charge is 0.391 e. The van der Waals surface area contributed by atoms with Gasteiger partial charge in [-0.2, -0.15) is 0 Å². The predicted molar refractivity (Wildman–Crippen MR) is 70.8 cm³/mol. The summed E-state index contributed by atoms with van der Waals surface area (Å²) in [5.41, 5.74) is 1.28. The molecule has 0 radical (unpaired) electrons. The zero-order valence-electron chi connectivity index (χ0n) is 8.73. The molecule has 0 saturated heterocycles. The maximum absolute atomic E-state index is 10.2. The van der Waals surface area contributed by atoms with Crippen LogP contribution in [-0.4, -0.2) is 10.2 Å². The zero-order valence-corrected chi connectivity index (χ0v) is 11.1. The highest BCUT2D eigenvalue weighted by Gasteiger charge is 2.17. The first kappa shape index (κ1) is 12.9. The Morgan fingerprint density at radius 2 is 2.00 bits per heavy atom. The van der Waals surface area contributed by atoms with E-state index in [0.29, 0.717) is 20.5 Å². The number of benzene rings is 1. The van der Waals surface area contributed by atoms with Crippen molar-refractivity contribution in [2.24, 2.45) is 0 Å². The summed E-state index contributed by atoms with van der Waals surface area (Å²) >= 11 is 13.2. The van der Waals surface area contributed by atoms with Crippen LogP contribution in [0.1, 0.15) is 22.1 Å². The second kappa shape index (κ2) is 5.38. The highest BCUT2D eigenvalue weighted by Crippen LogP contribution is 2.35. The molecule has 0 saturated carbocycles. The van der Waals surface area contributed by atoms with Gasteiger partial charge in [-0.1, -0.05) is 35.3 Å². The molecule has 0 fully saturated rings. The van der Waals surface area contributed by atoms with Gasteiger partial charge in [-0.25, -0.2) is 0 Å². The Bertz CT molecular complexity index is 525. The molecule has 5 heteroatoms. The van der Waals surface area contributed by atoms with Crippen molar-refractivity contribution >= 4 is 34.5 Å². The van der Waals surface area contributed by atoms with Gasteiger partial charge >= 0.3 is 0 Å². The monoisotopic (exact) mass is 288 g/mol. The zero-order chi connectivity index (χ0) is 12.4. The van der Waals surface area contributed by atoms with Crippen molar-refractivity contribution < 1.29 is 10.2 Å². The van der Waals surface area contributed by atoms with E-state index in [1.807, 2.05) is 0 Å². The smallest absolute Gasteiger partial charge is 0.106 e. The maximum atomic E-state index is 10.2. The van der Waals surface area contributed by atoms with Crippen molar-refractivity contribution in [3.05, 3.63) is 55.7 Å². The topological polar surface area (TPSA) is 40.5 Å². The van der Waals surface area contributed by atoms with Crippen molar-refractivity contribution in [1.29, 1.82) is 0 Å². The Hall–Kier alpha value is -0.580. The van der Waals surface area contributed by atoms with Crippen LogP contribution in [0.5, 0.6) is 0 Å². The fourth-order valence-corrected chi connectivity index (χ4v) is 2.98. The first-order chi connectivity index (χ1) is 8.11. The minimum absolute atomic E-state index is 0.0767. The molecule has 0 spiro atoms. The Labute approximate surface area is 113 Å². The van der Waals surface area contributed by atoms with Gasteiger partial charge in [0.1, 0.15) is 6.10 Å². The molecule has 17 heavy (non-hydrogen) atoms. The summed E-state index contributed by atoms with van der Waals surface area (Å²) in [6.07, 6.45) is -0.822. The third kappa shape index (κ3) is 2.81. The van der Waals surface area contributed by atoms with Crippen LogP contribution >= 0.6 is 34.5 Å². The van der Waals surface area contributed by atoms with Gasteiger partial charge in [-0.15, -0.1) is 11.3 Å². The molecule has 0 bridgehead atoms. The average molecular weight is 289 g/mol. The molecule has 1 unspecified atom stereocenters. The van der Waals surface area contributed by atoms with E-state index in [2.05, 4.69) is 0 Å². The molecular formula is C12H10Cl2O2S. The number of hydrogen-bond donors (Lipinski definition) is 2. The first-order valence-electron chi connectivity index (χ1n) is 4.94. The first-order valence-corrected chi connectivity index (χ1v) is 6.51. The van der Waals surface area contributed by atoms with Gasteiger partial charge in [-0.05, 0) is 23.8 Å². The van der Waals surface area contributed by atoms with Gasteiger partial charge < -0.3 is 10.2 Å². The molecule has 0 amide bonds. The van der Waals surface area contributed by atoms with E-state index in [0.717, 1.165) is 4.88 Å². The highest BCUT2D eigenvalue weighted by atomic mass is 35.5. The maximum Gasteiger partial charge on any atom is 0.106 e. The van der Waals surface area contributed by atoms with E-state index < -0.39 is 6.10 Å². The van der Waals surface area contributed by atoms with Gasteiger partial charge in [0.2, 0.25) is 0 Å². The number of thiophene rings is 1. The molecule has 1 heterocycles. The second-order valence-corrected chi connectivity index (χ2v) is 5.73. The van der Waals surface area contributed by atoms with Crippen molar-refractivity contribution in [2.45, 2.75) is 12.7 Å². The lowest BCUT2D eigenvalue weighted by molar-refractivity contribution is 0.220. The Kier molecular flexibility index (Phi) is 4.07. The van der Waals surface area contributed by atoms with Gasteiger partial charge in [-0.3, -0.25) is 0 Å². The third-order valence-electron chi connectivity index (χ3n) is 2.38. The molecule has 0 aliphatic rings. The SMILES string of the molecule is OCc1cc(C(O)c2cccc(Cl)c2)c(Cl)s1. The minimum atomic E-state index is -0.822. The molecule has 2 N–H and O–H groups in total. The lowest BCUT2D eigenvalue weighted by atomic mass is 10.0. The Balaban J connectivity index is 2.36. The van der Waals surface area contributed by atoms with Crippen LogP contribution in [0.25, 0.3) is 0 Å². The van der Waals surface area contributed by atoms with Crippen LogP contribution in [0.3, 0.4) is 0 Å². The molecule has 1 atom stereocenters. The Morgan fingerprint density at radius 3 is 2.59 bits per heavy atom. The van der Waals surface area contributed by atoms with Crippen molar-refractivity contribution in [3.8, 4) is 0 Å². The quantitative estimate of drug-likeness (QED) is 0.905. The summed E-state index contributed by atoms with van der Waals surface area (Å²) in [6.45, 7) is -0.0767. The van der Waals surface area contributed by atoms with Crippen LogP contribution < -0.4 is 0 Å². The lowest BCUT2D eigenvalue weighted by Crippen LogP contribution is -1.98. The lowest BCUT2D eigenvalue weighted by Gasteiger charge is -2.10. The third-order valence-corrected chi connectivity index (χ3v) is 3.99. The summed E-state index contributed by atoms with van der Waals surface area (Å²) < 4.78 is 0.488. The second-order valence-electron chi connectivity index (χ2n) is 3.56. The molecular weight excluding hydrogens is 279 g/mol. The van der Waals surface area contributed by atoms with Crippen LogP contribution in [-0.2, 0) is 6.61 Å². The molecule has 0 aliphatic heterocycles. The summed E-state index contributed by atoms with van der Waals surface area (Å²) in [7, 11) is 0. The highest BCUT2D eigenvalue weighted by molar-refractivity contribution is 7.16. The van der Waals surface area contributed by atoms with E-state index in [-0.39, 0.29) is 6.61 Å². The summed E-state index contributed by atoms with van der Waals surface area (Å²) in [4.78, 5) is 0.728. The van der Waals surface area contributed by atoms with Crippen molar-refractivity contribution in [3.63, 3.8) is 0 Å². The fraction of sp³-hybridized carbons (Fsp3) is 0.167. The van der Waals surface area contributed by atoms with E-state index in [1.54, 1.807) is 30.3 Å². The van der Waals surface area contributed by atoms with Gasteiger partial charge in [0.05, 0.1) is 10.9 Å². The molecule has 0 aliphatic carbocycles. The number of halogens is 2. The number of aliphatic hydroxyl groups excluding tert-OH is 2. The molecule has 90 valence electrons. The summed E-state index contributed by atoms with van der Waals surface area (Å²) in [6, 6.07) is 8.70. The summed E-state index contributed by atoms with van der Waals surface area (Å²) in [5, 5.41) is 19.8. The van der Waals surface area contributed by atoms with Crippen LogP contribution in [0, 0.1) is 0 Å². The standard InChI is InChI=1S/C12H10Cl2O2S/c13-8-3-1-2-7(4-8)11(16)10-5-9(6-15)17-12(10)14/h1-5,11,15-16H,6H2. The van der Waals surface area contributed by atoms with E-state index >= 15 is 0 Å². The van der Waals surface area contributed by atoms with Gasteiger partial charge in [0.25, 0.3) is 0 Å².